The molecule has 1 saturated carbocycles. The van der Waals surface area contributed by atoms with E-state index in [2.05, 4.69) is 21.2 Å². The minimum absolute atomic E-state index is 0.143. The largest absolute Gasteiger partial charge is 0.444 e. The molecule has 0 spiro atoms. The van der Waals surface area contributed by atoms with Gasteiger partial charge < -0.3 is 10.1 Å². The summed E-state index contributed by atoms with van der Waals surface area (Å²) in [5, 5.41) is 2.86. The lowest BCUT2D eigenvalue weighted by Gasteiger charge is -2.41. The number of ether oxygens (including phenoxy) is 1. The van der Waals surface area contributed by atoms with Gasteiger partial charge in [-0.2, -0.15) is 0 Å². The van der Waals surface area contributed by atoms with Crippen LogP contribution in [0.1, 0.15) is 39.2 Å². The first kappa shape index (κ1) is 15.0. The van der Waals surface area contributed by atoms with E-state index in [1.165, 1.54) is 0 Å². The van der Waals surface area contributed by atoms with E-state index >= 15 is 0 Å². The number of rotatable bonds is 2. The molecule has 108 valence electrons. The highest BCUT2D eigenvalue weighted by molar-refractivity contribution is 9.10. The smallest absolute Gasteiger partial charge is 0.408 e. The van der Waals surface area contributed by atoms with Crippen molar-refractivity contribution >= 4 is 27.8 Å². The summed E-state index contributed by atoms with van der Waals surface area (Å²) in [6.07, 6.45) is 0.134. The summed E-state index contributed by atoms with van der Waals surface area (Å²) < 4.78 is 6.24. The molecule has 4 nitrogen and oxygen atoms in total. The molecule has 1 fully saturated rings. The predicted octanol–water partition coefficient (Wildman–Crippen LogP) is 3.53. The molecule has 1 N–H and O–H groups in total. The molecular formula is C15H18BrNO3. The van der Waals surface area contributed by atoms with Crippen LogP contribution in [0.25, 0.3) is 0 Å². The van der Waals surface area contributed by atoms with Crippen molar-refractivity contribution in [3.05, 3.63) is 34.3 Å². The molecule has 0 aliphatic heterocycles. The van der Waals surface area contributed by atoms with Crippen molar-refractivity contribution in [2.75, 3.05) is 0 Å². The van der Waals surface area contributed by atoms with E-state index in [4.69, 9.17) is 4.74 Å². The number of alkyl carbamates (subject to hydrolysis) is 1. The first-order valence-corrected chi connectivity index (χ1v) is 7.28. The van der Waals surface area contributed by atoms with Crippen molar-refractivity contribution in [1.29, 1.82) is 0 Å². The van der Waals surface area contributed by atoms with Gasteiger partial charge in [-0.25, -0.2) is 4.79 Å². The molecule has 0 atom stereocenters. The third-order valence-corrected chi connectivity index (χ3v) is 3.66. The van der Waals surface area contributed by atoms with Crippen molar-refractivity contribution in [2.24, 2.45) is 0 Å². The third kappa shape index (κ3) is 3.39. The highest BCUT2D eigenvalue weighted by atomic mass is 79.9. The van der Waals surface area contributed by atoms with E-state index in [0.29, 0.717) is 12.8 Å². The van der Waals surface area contributed by atoms with Crippen molar-refractivity contribution in [3.63, 3.8) is 0 Å². The fraction of sp³-hybridized carbons (Fsp3) is 0.467. The quantitative estimate of drug-likeness (QED) is 0.896. The molecule has 0 radical (unpaired) electrons. The van der Waals surface area contributed by atoms with E-state index in [1.54, 1.807) is 0 Å². The van der Waals surface area contributed by atoms with Gasteiger partial charge in [-0.3, -0.25) is 4.79 Å². The summed E-state index contributed by atoms with van der Waals surface area (Å²) in [5.74, 6) is 0.143. The molecule has 0 aromatic heterocycles. The molecule has 1 amide bonds. The van der Waals surface area contributed by atoms with Crippen LogP contribution >= 0.6 is 15.9 Å². The number of amides is 1. The second-order valence-electron chi connectivity index (χ2n) is 6.11. The number of benzene rings is 1. The summed E-state index contributed by atoms with van der Waals surface area (Å²) in [7, 11) is 0. The minimum atomic E-state index is -0.625. The number of carbonyl (C=O) groups is 2. The highest BCUT2D eigenvalue weighted by Gasteiger charge is 2.46. The van der Waals surface area contributed by atoms with Gasteiger partial charge in [0.1, 0.15) is 11.4 Å². The maximum Gasteiger partial charge on any atom is 0.408 e. The molecule has 1 aromatic rings. The Morgan fingerprint density at radius 3 is 2.25 bits per heavy atom. The number of ketones is 1. The van der Waals surface area contributed by atoms with Gasteiger partial charge >= 0.3 is 6.09 Å². The van der Waals surface area contributed by atoms with Crippen molar-refractivity contribution in [1.82, 2.24) is 5.32 Å². The molecule has 0 unspecified atom stereocenters. The first-order valence-electron chi connectivity index (χ1n) is 6.49. The second kappa shape index (κ2) is 5.20. The Labute approximate surface area is 127 Å². The van der Waals surface area contributed by atoms with E-state index in [1.807, 2.05) is 45.0 Å². The Bertz CT molecular complexity index is 523. The van der Waals surface area contributed by atoms with Crippen LogP contribution in [0.5, 0.6) is 0 Å². The van der Waals surface area contributed by atoms with Gasteiger partial charge in [0.25, 0.3) is 0 Å². The fourth-order valence-corrected chi connectivity index (χ4v) is 2.52. The molecule has 1 aliphatic rings. The lowest BCUT2D eigenvalue weighted by molar-refractivity contribution is -0.129. The zero-order chi connectivity index (χ0) is 15.0. The summed E-state index contributed by atoms with van der Waals surface area (Å²) in [5.41, 5.74) is -0.259. The molecular weight excluding hydrogens is 322 g/mol. The monoisotopic (exact) mass is 339 g/mol. The van der Waals surface area contributed by atoms with Crippen molar-refractivity contribution in [3.8, 4) is 0 Å². The molecule has 1 aliphatic carbocycles. The van der Waals surface area contributed by atoms with Gasteiger partial charge in [-0.05, 0) is 38.5 Å². The molecule has 2 rings (SSSR count). The van der Waals surface area contributed by atoms with Crippen LogP contribution < -0.4 is 5.32 Å². The number of carbonyl (C=O) groups excluding carboxylic acids is 2. The lowest BCUT2D eigenvalue weighted by Crippen LogP contribution is -2.56. The van der Waals surface area contributed by atoms with Gasteiger partial charge in [-0.15, -0.1) is 0 Å². The Kier molecular flexibility index (Phi) is 3.91. The maximum atomic E-state index is 12.0. The number of Topliss-reactive ketones (excluding diaryl/α,β-unsaturated/α-hetero) is 1. The van der Waals surface area contributed by atoms with Crippen molar-refractivity contribution < 1.29 is 14.3 Å². The van der Waals surface area contributed by atoms with Crippen molar-refractivity contribution in [2.45, 2.75) is 44.8 Å². The normalized spacial score (nSPS) is 17.3. The summed E-state index contributed by atoms with van der Waals surface area (Å²) >= 11 is 3.38. The average Bonchev–Trinajstić information content (AvgIpc) is 2.24. The Balaban J connectivity index is 2.17. The van der Waals surface area contributed by atoms with Gasteiger partial charge in [0.2, 0.25) is 0 Å². The fourth-order valence-electron chi connectivity index (χ4n) is 2.25. The van der Waals surface area contributed by atoms with E-state index in [-0.39, 0.29) is 5.78 Å². The Morgan fingerprint density at radius 2 is 1.80 bits per heavy atom. The Hall–Kier alpha value is -1.36. The molecule has 0 bridgehead atoms. The van der Waals surface area contributed by atoms with Crippen LogP contribution in [0.15, 0.2) is 28.7 Å². The summed E-state index contributed by atoms with van der Waals surface area (Å²) in [6.45, 7) is 5.43. The standard InChI is InChI=1S/C15H18BrNO3/c1-14(2,3)20-13(19)17-15(8-12(18)9-15)10-4-6-11(16)7-5-10/h4-7H,8-9H2,1-3H3,(H,17,19). The van der Waals surface area contributed by atoms with Crippen LogP contribution in [0.2, 0.25) is 0 Å². The van der Waals surface area contributed by atoms with Gasteiger partial charge in [0.15, 0.2) is 0 Å². The lowest BCUT2D eigenvalue weighted by atomic mass is 9.71. The van der Waals surface area contributed by atoms with Crippen LogP contribution in [0.3, 0.4) is 0 Å². The zero-order valence-corrected chi connectivity index (χ0v) is 13.4. The van der Waals surface area contributed by atoms with Gasteiger partial charge in [0, 0.05) is 17.3 Å². The minimum Gasteiger partial charge on any atom is -0.444 e. The summed E-state index contributed by atoms with van der Waals surface area (Å²) in [6, 6.07) is 7.62. The van der Waals surface area contributed by atoms with E-state index in [9.17, 15) is 9.59 Å². The van der Waals surface area contributed by atoms with Crippen LogP contribution in [-0.4, -0.2) is 17.5 Å². The number of hydrogen-bond donors (Lipinski definition) is 1. The predicted molar refractivity (Wildman–Crippen MR) is 79.4 cm³/mol. The number of nitrogens with one attached hydrogen (secondary N) is 1. The maximum absolute atomic E-state index is 12.0. The molecule has 20 heavy (non-hydrogen) atoms. The Morgan fingerprint density at radius 1 is 1.25 bits per heavy atom. The van der Waals surface area contributed by atoms with Crippen LogP contribution in [0.4, 0.5) is 4.79 Å². The molecule has 1 aromatic carbocycles. The summed E-state index contributed by atoms with van der Waals surface area (Å²) in [4.78, 5) is 23.4. The van der Waals surface area contributed by atoms with Gasteiger partial charge in [0.05, 0.1) is 5.54 Å². The second-order valence-corrected chi connectivity index (χ2v) is 7.02. The molecule has 0 heterocycles. The van der Waals surface area contributed by atoms with E-state index < -0.39 is 17.2 Å². The van der Waals surface area contributed by atoms with Crippen LogP contribution in [0, 0.1) is 0 Å². The molecule has 0 saturated heterocycles. The zero-order valence-electron chi connectivity index (χ0n) is 11.8. The molecule has 5 heteroatoms. The average molecular weight is 340 g/mol. The SMILES string of the molecule is CC(C)(C)OC(=O)NC1(c2ccc(Br)cc2)CC(=O)C1. The highest BCUT2D eigenvalue weighted by Crippen LogP contribution is 2.39. The first-order chi connectivity index (χ1) is 9.20. The third-order valence-electron chi connectivity index (χ3n) is 3.13. The van der Waals surface area contributed by atoms with Crippen LogP contribution in [-0.2, 0) is 15.1 Å². The van der Waals surface area contributed by atoms with E-state index in [0.717, 1.165) is 10.0 Å². The number of hydrogen-bond acceptors (Lipinski definition) is 3. The van der Waals surface area contributed by atoms with Gasteiger partial charge in [-0.1, -0.05) is 28.1 Å². The topological polar surface area (TPSA) is 55.4 Å². The number of halogens is 1.